The molecular weight excluding hydrogens is 360 g/mol. The molecule has 1 aromatic carbocycles. The lowest BCUT2D eigenvalue weighted by molar-refractivity contribution is -0.159. The molecule has 1 aromatic rings. The molecule has 1 saturated heterocycles. The maximum atomic E-state index is 12.6. The summed E-state index contributed by atoms with van der Waals surface area (Å²) in [6.45, 7) is 6.31. The molecule has 0 spiro atoms. The number of carbonyl (C=O) groups excluding carboxylic acids is 3. The first-order chi connectivity index (χ1) is 13.2. The number of ether oxygens (including phenoxy) is 2. The molecule has 2 amide bonds. The van der Waals surface area contributed by atoms with Gasteiger partial charge in [0.2, 0.25) is 5.91 Å². The van der Waals surface area contributed by atoms with E-state index in [-0.39, 0.29) is 30.9 Å². The Morgan fingerprint density at radius 2 is 1.71 bits per heavy atom. The van der Waals surface area contributed by atoms with Gasteiger partial charge < -0.3 is 19.3 Å². The minimum Gasteiger partial charge on any atom is -0.484 e. The fourth-order valence-corrected chi connectivity index (χ4v) is 3.09. The standard InChI is InChI=1S/C21H30N2O5/c1-21(2,3)28-19(25)14-22(4)20(26)16-10-12-23(13-11-16)18(24)15-27-17-8-6-5-7-9-17/h5-9,16H,10-15H2,1-4H3. The van der Waals surface area contributed by atoms with E-state index in [1.54, 1.807) is 44.9 Å². The summed E-state index contributed by atoms with van der Waals surface area (Å²) in [7, 11) is 1.61. The van der Waals surface area contributed by atoms with Crippen LogP contribution < -0.4 is 4.74 Å². The summed E-state index contributed by atoms with van der Waals surface area (Å²) in [5.74, 6) is -0.124. The Kier molecular flexibility index (Phi) is 7.43. The smallest absolute Gasteiger partial charge is 0.326 e. The average molecular weight is 390 g/mol. The Labute approximate surface area is 166 Å². The molecule has 0 saturated carbocycles. The predicted octanol–water partition coefficient (Wildman–Crippen LogP) is 2.10. The highest BCUT2D eigenvalue weighted by atomic mass is 16.6. The van der Waals surface area contributed by atoms with Gasteiger partial charge in [0.15, 0.2) is 6.61 Å². The lowest BCUT2D eigenvalue weighted by atomic mass is 9.95. The van der Waals surface area contributed by atoms with Gasteiger partial charge in [-0.1, -0.05) is 18.2 Å². The first kappa shape index (κ1) is 21.7. The van der Waals surface area contributed by atoms with Gasteiger partial charge >= 0.3 is 5.97 Å². The Hall–Kier alpha value is -2.57. The van der Waals surface area contributed by atoms with E-state index in [9.17, 15) is 14.4 Å². The first-order valence-corrected chi connectivity index (χ1v) is 9.58. The van der Waals surface area contributed by atoms with Gasteiger partial charge in [-0.2, -0.15) is 0 Å². The number of nitrogens with zero attached hydrogens (tertiary/aromatic N) is 2. The van der Waals surface area contributed by atoms with E-state index in [0.717, 1.165) is 0 Å². The molecule has 0 atom stereocenters. The fraction of sp³-hybridized carbons (Fsp3) is 0.571. The lowest BCUT2D eigenvalue weighted by Crippen LogP contribution is -2.46. The highest BCUT2D eigenvalue weighted by Gasteiger charge is 2.30. The van der Waals surface area contributed by atoms with Crippen molar-refractivity contribution in [2.45, 2.75) is 39.2 Å². The molecule has 2 rings (SSSR count). The van der Waals surface area contributed by atoms with Crippen LogP contribution in [0.25, 0.3) is 0 Å². The topological polar surface area (TPSA) is 76.2 Å². The van der Waals surface area contributed by atoms with Crippen molar-refractivity contribution >= 4 is 17.8 Å². The summed E-state index contributed by atoms with van der Waals surface area (Å²) in [6, 6.07) is 9.20. The van der Waals surface area contributed by atoms with E-state index in [2.05, 4.69) is 0 Å². The molecular formula is C21H30N2O5. The summed E-state index contributed by atoms with van der Waals surface area (Å²) in [5, 5.41) is 0. The van der Waals surface area contributed by atoms with Gasteiger partial charge in [0, 0.05) is 26.1 Å². The van der Waals surface area contributed by atoms with Gasteiger partial charge in [0.1, 0.15) is 17.9 Å². The summed E-state index contributed by atoms with van der Waals surface area (Å²) in [6.07, 6.45) is 1.16. The number of hydrogen-bond donors (Lipinski definition) is 0. The van der Waals surface area contributed by atoms with Crippen LogP contribution in [0.15, 0.2) is 30.3 Å². The first-order valence-electron chi connectivity index (χ1n) is 9.58. The third-order valence-corrected chi connectivity index (χ3v) is 4.46. The molecule has 0 aromatic heterocycles. The van der Waals surface area contributed by atoms with Crippen molar-refractivity contribution in [1.82, 2.24) is 9.80 Å². The van der Waals surface area contributed by atoms with Crippen molar-refractivity contribution in [3.05, 3.63) is 30.3 Å². The van der Waals surface area contributed by atoms with Crippen molar-refractivity contribution < 1.29 is 23.9 Å². The number of amides is 2. The molecule has 1 aliphatic rings. The lowest BCUT2D eigenvalue weighted by Gasteiger charge is -2.33. The summed E-state index contributed by atoms with van der Waals surface area (Å²) < 4.78 is 10.8. The molecule has 0 unspecified atom stereocenters. The van der Waals surface area contributed by atoms with Crippen LogP contribution in [0, 0.1) is 5.92 Å². The van der Waals surface area contributed by atoms with Crippen LogP contribution in [0.5, 0.6) is 5.75 Å². The van der Waals surface area contributed by atoms with Crippen molar-refractivity contribution in [2.75, 3.05) is 33.3 Å². The Morgan fingerprint density at radius 1 is 1.11 bits per heavy atom. The van der Waals surface area contributed by atoms with E-state index in [1.807, 2.05) is 18.2 Å². The maximum Gasteiger partial charge on any atom is 0.326 e. The number of piperidine rings is 1. The normalized spacial score (nSPS) is 15.1. The number of para-hydroxylation sites is 1. The predicted molar refractivity (Wildman–Crippen MR) is 105 cm³/mol. The van der Waals surface area contributed by atoms with E-state index in [1.165, 1.54) is 4.90 Å². The summed E-state index contributed by atoms with van der Waals surface area (Å²) in [5.41, 5.74) is -0.575. The van der Waals surface area contributed by atoms with Gasteiger partial charge in [0.05, 0.1) is 0 Å². The quantitative estimate of drug-likeness (QED) is 0.696. The Balaban J connectivity index is 1.75. The molecule has 7 heteroatoms. The molecule has 28 heavy (non-hydrogen) atoms. The summed E-state index contributed by atoms with van der Waals surface area (Å²) in [4.78, 5) is 39.9. The van der Waals surface area contributed by atoms with Gasteiger partial charge in [-0.25, -0.2) is 0 Å². The van der Waals surface area contributed by atoms with Crippen LogP contribution in [0.3, 0.4) is 0 Å². The van der Waals surface area contributed by atoms with Crippen LogP contribution in [0.4, 0.5) is 0 Å². The highest BCUT2D eigenvalue weighted by molar-refractivity contribution is 5.84. The Morgan fingerprint density at radius 3 is 2.29 bits per heavy atom. The average Bonchev–Trinajstić information content (AvgIpc) is 2.64. The zero-order chi connectivity index (χ0) is 20.7. The van der Waals surface area contributed by atoms with Gasteiger partial charge in [-0.3, -0.25) is 14.4 Å². The van der Waals surface area contributed by atoms with E-state index < -0.39 is 11.6 Å². The van der Waals surface area contributed by atoms with Crippen LogP contribution in [0.1, 0.15) is 33.6 Å². The van der Waals surface area contributed by atoms with Crippen molar-refractivity contribution in [3.63, 3.8) is 0 Å². The second kappa shape index (κ2) is 9.57. The second-order valence-electron chi connectivity index (χ2n) is 8.04. The number of carbonyl (C=O) groups is 3. The van der Waals surface area contributed by atoms with E-state index in [0.29, 0.717) is 31.7 Å². The zero-order valence-electron chi connectivity index (χ0n) is 17.1. The number of benzene rings is 1. The van der Waals surface area contributed by atoms with Crippen LogP contribution in [-0.4, -0.2) is 66.5 Å². The molecule has 0 radical (unpaired) electrons. The largest absolute Gasteiger partial charge is 0.484 e. The van der Waals surface area contributed by atoms with Crippen LogP contribution in [-0.2, 0) is 19.1 Å². The Bertz CT molecular complexity index is 676. The van der Waals surface area contributed by atoms with Gasteiger partial charge in [-0.15, -0.1) is 0 Å². The van der Waals surface area contributed by atoms with E-state index in [4.69, 9.17) is 9.47 Å². The van der Waals surface area contributed by atoms with Crippen LogP contribution in [0.2, 0.25) is 0 Å². The molecule has 0 aliphatic carbocycles. The third kappa shape index (κ3) is 6.87. The molecule has 0 bridgehead atoms. The number of likely N-dealkylation sites (tertiary alicyclic amines) is 1. The third-order valence-electron chi connectivity index (χ3n) is 4.46. The van der Waals surface area contributed by atoms with Crippen molar-refractivity contribution in [1.29, 1.82) is 0 Å². The molecule has 7 nitrogen and oxygen atoms in total. The minimum atomic E-state index is -0.575. The number of rotatable bonds is 6. The number of hydrogen-bond acceptors (Lipinski definition) is 5. The monoisotopic (exact) mass is 390 g/mol. The van der Waals surface area contributed by atoms with Crippen LogP contribution >= 0.6 is 0 Å². The van der Waals surface area contributed by atoms with Crippen molar-refractivity contribution in [3.8, 4) is 5.75 Å². The zero-order valence-corrected chi connectivity index (χ0v) is 17.1. The van der Waals surface area contributed by atoms with Gasteiger partial charge in [0.25, 0.3) is 5.91 Å². The van der Waals surface area contributed by atoms with Gasteiger partial charge in [-0.05, 0) is 45.7 Å². The molecule has 1 fully saturated rings. The second-order valence-corrected chi connectivity index (χ2v) is 8.04. The molecule has 0 N–H and O–H groups in total. The minimum absolute atomic E-state index is 0.0127. The molecule has 154 valence electrons. The van der Waals surface area contributed by atoms with Crippen molar-refractivity contribution in [2.24, 2.45) is 5.92 Å². The molecule has 1 aliphatic heterocycles. The number of esters is 1. The SMILES string of the molecule is CN(CC(=O)OC(C)(C)C)C(=O)C1CCN(C(=O)COc2ccccc2)CC1. The molecule has 1 heterocycles. The highest BCUT2D eigenvalue weighted by Crippen LogP contribution is 2.20. The van der Waals surface area contributed by atoms with E-state index >= 15 is 0 Å². The number of likely N-dealkylation sites (N-methyl/N-ethyl adjacent to an activating group) is 1. The summed E-state index contributed by atoms with van der Waals surface area (Å²) >= 11 is 0. The maximum absolute atomic E-state index is 12.6. The fourth-order valence-electron chi connectivity index (χ4n) is 3.09.